The summed E-state index contributed by atoms with van der Waals surface area (Å²) in [6.07, 6.45) is 0. The summed E-state index contributed by atoms with van der Waals surface area (Å²) in [5, 5.41) is 7.33. The van der Waals surface area contributed by atoms with Gasteiger partial charge >= 0.3 is 0 Å². The van der Waals surface area contributed by atoms with Crippen LogP contribution >= 0.6 is 0 Å². The summed E-state index contributed by atoms with van der Waals surface area (Å²) in [7, 11) is 0. The van der Waals surface area contributed by atoms with Crippen molar-refractivity contribution in [3.8, 4) is 11.1 Å². The van der Waals surface area contributed by atoms with Crippen molar-refractivity contribution < 1.29 is 4.42 Å². The van der Waals surface area contributed by atoms with E-state index in [-0.39, 0.29) is 0 Å². The number of hydrogen-bond donors (Lipinski definition) is 0. The second kappa shape index (κ2) is 9.22. The van der Waals surface area contributed by atoms with Gasteiger partial charge < -0.3 is 13.7 Å². The second-order valence-electron chi connectivity index (χ2n) is 11.8. The summed E-state index contributed by atoms with van der Waals surface area (Å²) in [4.78, 5) is 2.38. The van der Waals surface area contributed by atoms with Crippen LogP contribution in [0.15, 0.2) is 162 Å². The molecule has 3 nitrogen and oxygen atoms in total. The van der Waals surface area contributed by atoms with Gasteiger partial charge in [-0.2, -0.15) is 0 Å². The smallest absolute Gasteiger partial charge is 0.137 e. The Balaban J connectivity index is 1.28. The monoisotopic (exact) mass is 574 g/mol. The lowest BCUT2D eigenvalue weighted by Gasteiger charge is -2.26. The van der Waals surface area contributed by atoms with E-state index < -0.39 is 0 Å². The normalized spacial score (nSPS) is 12.0. The highest BCUT2D eigenvalue weighted by atomic mass is 16.3. The molecule has 0 atom stereocenters. The van der Waals surface area contributed by atoms with Crippen LogP contribution in [-0.2, 0) is 0 Å². The molecule has 0 aliphatic heterocycles. The third-order valence-corrected chi connectivity index (χ3v) is 9.32. The molecular weight excluding hydrogens is 548 g/mol. The van der Waals surface area contributed by atoms with Gasteiger partial charge in [-0.1, -0.05) is 109 Å². The molecule has 0 saturated heterocycles. The molecular formula is C42H26N2O. The van der Waals surface area contributed by atoms with Gasteiger partial charge in [0.1, 0.15) is 11.2 Å². The van der Waals surface area contributed by atoms with E-state index in [2.05, 4.69) is 155 Å². The standard InChI is InChI=1S/C42H26N2O/c1-2-10-27(11-3-1)28-20-22-29(23-21-28)43(30-24-25-33-32-13-5-7-19-39(32)45-40(33)26-30)38-18-9-16-36-35-15-8-14-34-31-12-4-6-17-37(31)44(41(34)35)42(36)38/h1-26H. The molecule has 0 saturated carbocycles. The van der Waals surface area contributed by atoms with E-state index in [0.717, 1.165) is 39.0 Å². The van der Waals surface area contributed by atoms with E-state index in [9.17, 15) is 0 Å². The molecule has 0 bridgehead atoms. The quantitative estimate of drug-likeness (QED) is 0.208. The zero-order chi connectivity index (χ0) is 29.5. The molecule has 0 spiro atoms. The van der Waals surface area contributed by atoms with E-state index in [1.54, 1.807) is 0 Å². The fraction of sp³-hybridized carbons (Fsp3) is 0. The molecule has 3 heterocycles. The molecule has 0 fully saturated rings. The molecule has 10 aromatic rings. The molecule has 3 aromatic heterocycles. The summed E-state index contributed by atoms with van der Waals surface area (Å²) in [6.45, 7) is 0. The van der Waals surface area contributed by atoms with E-state index in [1.165, 1.54) is 49.2 Å². The van der Waals surface area contributed by atoms with Crippen LogP contribution in [0.5, 0.6) is 0 Å². The van der Waals surface area contributed by atoms with Gasteiger partial charge in [0, 0.05) is 49.8 Å². The average Bonchev–Trinajstić information content (AvgIpc) is 3.76. The average molecular weight is 575 g/mol. The van der Waals surface area contributed by atoms with Gasteiger partial charge in [0.15, 0.2) is 0 Å². The van der Waals surface area contributed by atoms with Crippen molar-refractivity contribution in [3.63, 3.8) is 0 Å². The molecule has 0 radical (unpaired) electrons. The molecule has 0 N–H and O–H groups in total. The second-order valence-corrected chi connectivity index (χ2v) is 11.8. The molecule has 10 rings (SSSR count). The SMILES string of the molecule is c1ccc(-c2ccc(N(c3ccc4c(c3)oc3ccccc34)c3cccc4c5cccc6c7ccccc7n(c34)c65)cc2)cc1. The van der Waals surface area contributed by atoms with E-state index in [0.29, 0.717) is 0 Å². The largest absolute Gasteiger partial charge is 0.456 e. The topological polar surface area (TPSA) is 20.8 Å². The van der Waals surface area contributed by atoms with Crippen LogP contribution in [0.2, 0.25) is 0 Å². The highest BCUT2D eigenvalue weighted by molar-refractivity contribution is 6.25. The van der Waals surface area contributed by atoms with Crippen molar-refractivity contribution in [2.24, 2.45) is 0 Å². The molecule has 7 aromatic carbocycles. The summed E-state index contributed by atoms with van der Waals surface area (Å²) in [5.74, 6) is 0. The Morgan fingerprint density at radius 2 is 1.00 bits per heavy atom. The van der Waals surface area contributed by atoms with Gasteiger partial charge in [-0.15, -0.1) is 0 Å². The maximum atomic E-state index is 6.40. The minimum atomic E-state index is 0.879. The lowest BCUT2D eigenvalue weighted by molar-refractivity contribution is 0.669. The highest BCUT2D eigenvalue weighted by Gasteiger charge is 2.23. The number of furan rings is 1. The number of benzene rings is 7. The number of nitrogens with zero attached hydrogens (tertiary/aromatic N) is 2. The first-order valence-electron chi connectivity index (χ1n) is 15.4. The van der Waals surface area contributed by atoms with E-state index >= 15 is 0 Å². The van der Waals surface area contributed by atoms with Gasteiger partial charge in [0.25, 0.3) is 0 Å². The first-order valence-corrected chi connectivity index (χ1v) is 15.4. The summed E-state index contributed by atoms with van der Waals surface area (Å²) >= 11 is 0. The van der Waals surface area contributed by atoms with E-state index in [4.69, 9.17) is 4.42 Å². The zero-order valence-corrected chi connectivity index (χ0v) is 24.3. The lowest BCUT2D eigenvalue weighted by atomic mass is 10.0. The Labute approximate surface area is 259 Å². The van der Waals surface area contributed by atoms with Gasteiger partial charge in [-0.3, -0.25) is 0 Å². The van der Waals surface area contributed by atoms with Crippen LogP contribution in [0.4, 0.5) is 17.1 Å². The van der Waals surface area contributed by atoms with Gasteiger partial charge in [-0.25, -0.2) is 0 Å². The number of fused-ring (bicyclic) bond motifs is 9. The number of aromatic nitrogens is 1. The van der Waals surface area contributed by atoms with E-state index in [1.807, 2.05) is 12.1 Å². The van der Waals surface area contributed by atoms with Crippen molar-refractivity contribution >= 4 is 77.1 Å². The van der Waals surface area contributed by atoms with Crippen molar-refractivity contribution in [2.75, 3.05) is 4.90 Å². The Morgan fingerprint density at radius 3 is 1.84 bits per heavy atom. The Morgan fingerprint density at radius 1 is 0.400 bits per heavy atom. The first-order chi connectivity index (χ1) is 22.3. The first kappa shape index (κ1) is 24.4. The van der Waals surface area contributed by atoms with Crippen LogP contribution in [0, 0.1) is 0 Å². The van der Waals surface area contributed by atoms with Crippen molar-refractivity contribution in [1.29, 1.82) is 0 Å². The van der Waals surface area contributed by atoms with Crippen LogP contribution in [0.3, 0.4) is 0 Å². The summed E-state index contributed by atoms with van der Waals surface area (Å²) < 4.78 is 8.86. The lowest BCUT2D eigenvalue weighted by Crippen LogP contribution is -2.11. The maximum Gasteiger partial charge on any atom is 0.137 e. The molecule has 0 aliphatic rings. The van der Waals surface area contributed by atoms with Crippen LogP contribution < -0.4 is 4.90 Å². The zero-order valence-electron chi connectivity index (χ0n) is 24.3. The molecule has 210 valence electrons. The third-order valence-electron chi connectivity index (χ3n) is 9.32. The molecule has 0 amide bonds. The molecule has 3 heteroatoms. The predicted molar refractivity (Wildman–Crippen MR) is 188 cm³/mol. The Bertz CT molecular complexity index is 2700. The van der Waals surface area contributed by atoms with Crippen LogP contribution in [0.1, 0.15) is 0 Å². The molecule has 45 heavy (non-hydrogen) atoms. The maximum absolute atomic E-state index is 6.40. The fourth-order valence-corrected chi connectivity index (χ4v) is 7.35. The van der Waals surface area contributed by atoms with Crippen LogP contribution in [0.25, 0.3) is 71.2 Å². The number of anilines is 3. The highest BCUT2D eigenvalue weighted by Crippen LogP contribution is 2.46. The summed E-state index contributed by atoms with van der Waals surface area (Å²) in [6, 6.07) is 56.5. The summed E-state index contributed by atoms with van der Waals surface area (Å²) in [5.41, 5.74) is 11.1. The number of para-hydroxylation sites is 4. The Hall–Kier alpha value is -6.06. The van der Waals surface area contributed by atoms with Crippen molar-refractivity contribution in [1.82, 2.24) is 4.40 Å². The number of hydrogen-bond acceptors (Lipinski definition) is 2. The van der Waals surface area contributed by atoms with Gasteiger partial charge in [0.2, 0.25) is 0 Å². The number of rotatable bonds is 4. The minimum Gasteiger partial charge on any atom is -0.456 e. The third kappa shape index (κ3) is 3.46. The fourth-order valence-electron chi connectivity index (χ4n) is 7.35. The van der Waals surface area contributed by atoms with Gasteiger partial charge in [-0.05, 0) is 53.6 Å². The predicted octanol–water partition coefficient (Wildman–Crippen LogP) is 11.9. The molecule has 0 aliphatic carbocycles. The Kier molecular flexibility index (Phi) is 5.00. The van der Waals surface area contributed by atoms with Gasteiger partial charge in [0.05, 0.1) is 22.2 Å². The van der Waals surface area contributed by atoms with Crippen molar-refractivity contribution in [2.45, 2.75) is 0 Å². The van der Waals surface area contributed by atoms with Crippen molar-refractivity contribution in [3.05, 3.63) is 158 Å². The minimum absolute atomic E-state index is 0.879. The van der Waals surface area contributed by atoms with Crippen LogP contribution in [-0.4, -0.2) is 4.40 Å². The molecule has 0 unspecified atom stereocenters.